The molecule has 26 heavy (non-hydrogen) atoms. The summed E-state index contributed by atoms with van der Waals surface area (Å²) in [4.78, 5) is 37.0. The first-order valence-electron chi connectivity index (χ1n) is 8.94. The Morgan fingerprint density at radius 2 is 2.00 bits per heavy atom. The Kier molecular flexibility index (Phi) is 7.12. The first-order chi connectivity index (χ1) is 12.4. The molecule has 1 aromatic rings. The highest BCUT2D eigenvalue weighted by atomic mass is 19.1. The highest BCUT2D eigenvalue weighted by Gasteiger charge is 2.27. The molecule has 0 radical (unpaired) electrons. The molecule has 7 heteroatoms. The van der Waals surface area contributed by atoms with Crippen molar-refractivity contribution >= 4 is 23.5 Å². The number of carbonyl (C=O) groups excluding carboxylic acids is 2. The number of anilines is 1. The number of likely N-dealkylation sites (tertiary alicyclic amines) is 1. The number of carboxylic acids is 1. The van der Waals surface area contributed by atoms with Gasteiger partial charge in [-0.15, -0.1) is 0 Å². The van der Waals surface area contributed by atoms with E-state index in [0.717, 1.165) is 24.8 Å². The third-order valence-corrected chi connectivity index (χ3v) is 4.60. The number of aryl methyl sites for hydroxylation is 1. The SMILES string of the molecule is Cc1ccc(F)c(NC(=O)CCC(=O)N2CCCCC2CCC(=O)O)c1. The van der Waals surface area contributed by atoms with Gasteiger partial charge in [-0.1, -0.05) is 6.07 Å². The molecular formula is C19H25FN2O4. The van der Waals surface area contributed by atoms with Crippen molar-refractivity contribution in [3.8, 4) is 0 Å². The van der Waals surface area contributed by atoms with Crippen molar-refractivity contribution < 1.29 is 23.9 Å². The highest BCUT2D eigenvalue weighted by molar-refractivity contribution is 5.93. The average molecular weight is 364 g/mol. The Labute approximate surface area is 152 Å². The molecule has 1 unspecified atom stereocenters. The fraction of sp³-hybridized carbons (Fsp3) is 0.526. The third kappa shape index (κ3) is 5.82. The largest absolute Gasteiger partial charge is 0.481 e. The lowest BCUT2D eigenvalue weighted by molar-refractivity contribution is -0.140. The zero-order valence-corrected chi connectivity index (χ0v) is 15.0. The van der Waals surface area contributed by atoms with Gasteiger partial charge in [-0.25, -0.2) is 4.39 Å². The zero-order chi connectivity index (χ0) is 19.1. The number of piperidine rings is 1. The number of nitrogens with one attached hydrogen (secondary N) is 1. The van der Waals surface area contributed by atoms with Crippen LogP contribution in [0, 0.1) is 12.7 Å². The summed E-state index contributed by atoms with van der Waals surface area (Å²) in [6.07, 6.45) is 3.11. The number of halogens is 1. The first-order valence-corrected chi connectivity index (χ1v) is 8.94. The Hall–Kier alpha value is -2.44. The maximum atomic E-state index is 13.7. The van der Waals surface area contributed by atoms with Crippen LogP contribution in [0.15, 0.2) is 18.2 Å². The summed E-state index contributed by atoms with van der Waals surface area (Å²) < 4.78 is 13.7. The molecule has 1 aliphatic heterocycles. The van der Waals surface area contributed by atoms with Crippen molar-refractivity contribution in [2.75, 3.05) is 11.9 Å². The minimum atomic E-state index is -0.873. The number of hydrogen-bond acceptors (Lipinski definition) is 3. The Morgan fingerprint density at radius 3 is 2.73 bits per heavy atom. The highest BCUT2D eigenvalue weighted by Crippen LogP contribution is 2.22. The van der Waals surface area contributed by atoms with Crippen LogP contribution < -0.4 is 5.32 Å². The normalized spacial score (nSPS) is 17.0. The predicted octanol–water partition coefficient (Wildman–Crippen LogP) is 3.10. The molecule has 1 heterocycles. The molecule has 1 atom stereocenters. The Bertz CT molecular complexity index is 678. The van der Waals surface area contributed by atoms with Crippen molar-refractivity contribution in [1.82, 2.24) is 4.90 Å². The Balaban J connectivity index is 1.86. The standard InChI is InChI=1S/C19H25FN2O4/c1-13-5-7-15(20)16(12-13)21-17(23)8-9-18(24)22-11-3-2-4-14(22)6-10-19(25)26/h5,7,12,14H,2-4,6,8-11H2,1H3,(H,21,23)(H,25,26). The van der Waals surface area contributed by atoms with Crippen molar-refractivity contribution in [2.24, 2.45) is 0 Å². The summed E-state index contributed by atoms with van der Waals surface area (Å²) in [5, 5.41) is 11.3. The molecular weight excluding hydrogens is 339 g/mol. The van der Waals surface area contributed by atoms with Crippen LogP contribution >= 0.6 is 0 Å². The van der Waals surface area contributed by atoms with E-state index < -0.39 is 17.7 Å². The number of carbonyl (C=O) groups is 3. The molecule has 6 nitrogen and oxygen atoms in total. The van der Waals surface area contributed by atoms with Crippen LogP contribution in [0.2, 0.25) is 0 Å². The smallest absolute Gasteiger partial charge is 0.303 e. The summed E-state index contributed by atoms with van der Waals surface area (Å²) in [5.74, 6) is -1.95. The Morgan fingerprint density at radius 1 is 1.23 bits per heavy atom. The second-order valence-corrected chi connectivity index (χ2v) is 6.70. The van der Waals surface area contributed by atoms with E-state index in [1.54, 1.807) is 24.0 Å². The van der Waals surface area contributed by atoms with Crippen molar-refractivity contribution in [1.29, 1.82) is 0 Å². The van der Waals surface area contributed by atoms with Gasteiger partial charge in [0.2, 0.25) is 11.8 Å². The molecule has 0 aromatic heterocycles. The van der Waals surface area contributed by atoms with Gasteiger partial charge in [0.15, 0.2) is 0 Å². The van der Waals surface area contributed by atoms with Gasteiger partial charge >= 0.3 is 5.97 Å². The van der Waals surface area contributed by atoms with E-state index in [9.17, 15) is 18.8 Å². The average Bonchev–Trinajstić information content (AvgIpc) is 2.61. The second-order valence-electron chi connectivity index (χ2n) is 6.70. The zero-order valence-electron chi connectivity index (χ0n) is 15.0. The summed E-state index contributed by atoms with van der Waals surface area (Å²) in [7, 11) is 0. The summed E-state index contributed by atoms with van der Waals surface area (Å²) >= 11 is 0. The van der Waals surface area contributed by atoms with Gasteiger partial charge in [0, 0.05) is 31.8 Å². The fourth-order valence-corrected chi connectivity index (χ4v) is 3.23. The molecule has 0 saturated carbocycles. The topological polar surface area (TPSA) is 86.7 Å². The van der Waals surface area contributed by atoms with Crippen molar-refractivity contribution in [2.45, 2.75) is 57.9 Å². The van der Waals surface area contributed by atoms with Crippen LogP contribution in [-0.2, 0) is 14.4 Å². The lowest BCUT2D eigenvalue weighted by atomic mass is 9.97. The lowest BCUT2D eigenvalue weighted by Gasteiger charge is -2.35. The minimum absolute atomic E-state index is 0.0293. The van der Waals surface area contributed by atoms with Gasteiger partial charge in [-0.2, -0.15) is 0 Å². The van der Waals surface area contributed by atoms with E-state index in [-0.39, 0.29) is 36.9 Å². The molecule has 2 amide bonds. The number of benzene rings is 1. The van der Waals surface area contributed by atoms with E-state index in [0.29, 0.717) is 13.0 Å². The molecule has 1 fully saturated rings. The van der Waals surface area contributed by atoms with Gasteiger partial charge in [0.25, 0.3) is 0 Å². The van der Waals surface area contributed by atoms with Crippen LogP contribution in [0.4, 0.5) is 10.1 Å². The van der Waals surface area contributed by atoms with Gasteiger partial charge < -0.3 is 15.3 Å². The summed E-state index contributed by atoms with van der Waals surface area (Å²) in [6.45, 7) is 2.39. The maximum Gasteiger partial charge on any atom is 0.303 e. The third-order valence-electron chi connectivity index (χ3n) is 4.60. The van der Waals surface area contributed by atoms with Crippen molar-refractivity contribution in [3.63, 3.8) is 0 Å². The molecule has 142 valence electrons. The van der Waals surface area contributed by atoms with Gasteiger partial charge in [0.1, 0.15) is 5.82 Å². The number of amides is 2. The molecule has 1 aliphatic rings. The molecule has 1 aromatic carbocycles. The molecule has 0 bridgehead atoms. The van der Waals surface area contributed by atoms with E-state index in [1.807, 2.05) is 0 Å². The van der Waals surface area contributed by atoms with E-state index in [2.05, 4.69) is 5.32 Å². The van der Waals surface area contributed by atoms with Gasteiger partial charge in [0.05, 0.1) is 5.69 Å². The first kappa shape index (κ1) is 19.9. The van der Waals surface area contributed by atoms with Gasteiger partial charge in [-0.3, -0.25) is 14.4 Å². The number of rotatable bonds is 7. The van der Waals surface area contributed by atoms with E-state index in [4.69, 9.17) is 5.11 Å². The lowest BCUT2D eigenvalue weighted by Crippen LogP contribution is -2.44. The number of carboxylic acid groups (broad SMARTS) is 1. The minimum Gasteiger partial charge on any atom is -0.481 e. The summed E-state index contributed by atoms with van der Waals surface area (Å²) in [6, 6.07) is 4.37. The predicted molar refractivity (Wildman–Crippen MR) is 95.2 cm³/mol. The van der Waals surface area contributed by atoms with E-state index >= 15 is 0 Å². The van der Waals surface area contributed by atoms with Crippen molar-refractivity contribution in [3.05, 3.63) is 29.6 Å². The molecule has 2 rings (SSSR count). The number of nitrogens with zero attached hydrogens (tertiary/aromatic N) is 1. The quantitative estimate of drug-likeness (QED) is 0.778. The monoisotopic (exact) mass is 364 g/mol. The van der Waals surface area contributed by atoms with Crippen LogP contribution in [-0.4, -0.2) is 40.4 Å². The second kappa shape index (κ2) is 9.31. The van der Waals surface area contributed by atoms with E-state index in [1.165, 1.54) is 6.07 Å². The maximum absolute atomic E-state index is 13.7. The van der Waals surface area contributed by atoms with Crippen LogP contribution in [0.1, 0.15) is 50.5 Å². The van der Waals surface area contributed by atoms with Crippen LogP contribution in [0.25, 0.3) is 0 Å². The van der Waals surface area contributed by atoms with Crippen LogP contribution in [0.3, 0.4) is 0 Å². The number of hydrogen-bond donors (Lipinski definition) is 2. The molecule has 0 aliphatic carbocycles. The number of aliphatic carboxylic acids is 1. The molecule has 2 N–H and O–H groups in total. The summed E-state index contributed by atoms with van der Waals surface area (Å²) in [5.41, 5.74) is 0.937. The van der Waals surface area contributed by atoms with Crippen LogP contribution in [0.5, 0.6) is 0 Å². The molecule has 0 spiro atoms. The molecule has 1 saturated heterocycles. The fourth-order valence-electron chi connectivity index (χ4n) is 3.23. The van der Waals surface area contributed by atoms with Gasteiger partial charge in [-0.05, 0) is 50.3 Å².